The van der Waals surface area contributed by atoms with Gasteiger partial charge in [-0.1, -0.05) is 38.1 Å². The molecule has 0 atom stereocenters. The van der Waals surface area contributed by atoms with Crippen LogP contribution in [0.3, 0.4) is 0 Å². The van der Waals surface area contributed by atoms with Gasteiger partial charge in [0.1, 0.15) is 0 Å². The maximum atomic E-state index is 11.6. The fourth-order valence-electron chi connectivity index (χ4n) is 2.05. The first kappa shape index (κ1) is 14.7. The van der Waals surface area contributed by atoms with Gasteiger partial charge in [0.05, 0.1) is 0 Å². The molecule has 0 aliphatic carbocycles. The molecule has 0 unspecified atom stereocenters. The van der Waals surface area contributed by atoms with Crippen LogP contribution in [0.2, 0.25) is 0 Å². The fraction of sp³-hybridized carbons (Fsp3) is 0.385. The van der Waals surface area contributed by atoms with E-state index in [4.69, 9.17) is 5.14 Å². The van der Waals surface area contributed by atoms with Crippen molar-refractivity contribution in [2.24, 2.45) is 11.1 Å². The SMILES string of the molecule is Cc1ccccc1-c1nnc(S(N)(=O)=O)n1CC(C)C. The summed E-state index contributed by atoms with van der Waals surface area (Å²) in [6.45, 7) is 6.42. The van der Waals surface area contributed by atoms with E-state index >= 15 is 0 Å². The van der Waals surface area contributed by atoms with Crippen LogP contribution in [0, 0.1) is 12.8 Å². The van der Waals surface area contributed by atoms with Crippen molar-refractivity contribution in [3.63, 3.8) is 0 Å². The van der Waals surface area contributed by atoms with Crippen molar-refractivity contribution in [1.82, 2.24) is 14.8 Å². The summed E-state index contributed by atoms with van der Waals surface area (Å²) < 4.78 is 24.8. The molecule has 0 radical (unpaired) electrons. The first-order valence-corrected chi connectivity index (χ1v) is 7.87. The van der Waals surface area contributed by atoms with Crippen LogP contribution >= 0.6 is 0 Å². The van der Waals surface area contributed by atoms with Crippen LogP contribution in [0.4, 0.5) is 0 Å². The molecule has 0 amide bonds. The highest BCUT2D eigenvalue weighted by molar-refractivity contribution is 7.89. The summed E-state index contributed by atoms with van der Waals surface area (Å²) in [5, 5.41) is 12.8. The Morgan fingerprint density at radius 1 is 1.25 bits per heavy atom. The summed E-state index contributed by atoms with van der Waals surface area (Å²) in [5.74, 6) is 0.773. The zero-order valence-corrected chi connectivity index (χ0v) is 12.6. The molecule has 6 nitrogen and oxygen atoms in total. The third-order valence-electron chi connectivity index (χ3n) is 2.91. The number of aryl methyl sites for hydroxylation is 1. The molecule has 1 heterocycles. The van der Waals surface area contributed by atoms with Crippen molar-refractivity contribution in [2.45, 2.75) is 32.5 Å². The molecule has 0 bridgehead atoms. The summed E-state index contributed by atoms with van der Waals surface area (Å²) in [6.07, 6.45) is 0. The lowest BCUT2D eigenvalue weighted by Crippen LogP contribution is -2.20. The van der Waals surface area contributed by atoms with Gasteiger partial charge in [-0.25, -0.2) is 13.6 Å². The van der Waals surface area contributed by atoms with Gasteiger partial charge in [-0.15, -0.1) is 10.2 Å². The van der Waals surface area contributed by atoms with Gasteiger partial charge in [0.15, 0.2) is 5.82 Å². The molecule has 1 aromatic carbocycles. The second-order valence-electron chi connectivity index (χ2n) is 5.17. The van der Waals surface area contributed by atoms with Crippen molar-refractivity contribution < 1.29 is 8.42 Å². The third kappa shape index (κ3) is 2.88. The van der Waals surface area contributed by atoms with Gasteiger partial charge in [0.2, 0.25) is 0 Å². The first-order valence-electron chi connectivity index (χ1n) is 6.32. The van der Waals surface area contributed by atoms with Crippen molar-refractivity contribution in [2.75, 3.05) is 0 Å². The average molecular weight is 294 g/mol. The lowest BCUT2D eigenvalue weighted by molar-refractivity contribution is 0.486. The molecule has 20 heavy (non-hydrogen) atoms. The van der Waals surface area contributed by atoms with Crippen LogP contribution in [0.5, 0.6) is 0 Å². The molecule has 0 aliphatic heterocycles. The van der Waals surface area contributed by atoms with E-state index in [1.807, 2.05) is 45.0 Å². The highest BCUT2D eigenvalue weighted by Gasteiger charge is 2.23. The Balaban J connectivity index is 2.66. The average Bonchev–Trinajstić information content (AvgIpc) is 2.72. The summed E-state index contributed by atoms with van der Waals surface area (Å²) in [7, 11) is -3.89. The van der Waals surface area contributed by atoms with Crippen LogP contribution < -0.4 is 5.14 Å². The van der Waals surface area contributed by atoms with E-state index in [0.29, 0.717) is 12.4 Å². The molecule has 7 heteroatoms. The molecule has 2 N–H and O–H groups in total. The van der Waals surface area contributed by atoms with Gasteiger partial charge in [0.25, 0.3) is 15.2 Å². The predicted molar refractivity (Wildman–Crippen MR) is 76.4 cm³/mol. The van der Waals surface area contributed by atoms with Crippen molar-refractivity contribution >= 4 is 10.0 Å². The molecule has 0 spiro atoms. The predicted octanol–water partition coefficient (Wildman–Crippen LogP) is 1.56. The Morgan fingerprint density at radius 3 is 2.45 bits per heavy atom. The minimum Gasteiger partial charge on any atom is -0.296 e. The molecule has 2 aromatic rings. The third-order valence-corrected chi connectivity index (χ3v) is 3.72. The second-order valence-corrected chi connectivity index (χ2v) is 6.63. The summed E-state index contributed by atoms with van der Waals surface area (Å²) in [4.78, 5) is 0. The highest BCUT2D eigenvalue weighted by atomic mass is 32.2. The number of nitrogens with two attached hydrogens (primary N) is 1. The van der Waals surface area contributed by atoms with Gasteiger partial charge in [0, 0.05) is 12.1 Å². The summed E-state index contributed by atoms with van der Waals surface area (Å²) >= 11 is 0. The maximum Gasteiger partial charge on any atom is 0.273 e. The quantitative estimate of drug-likeness (QED) is 0.926. The number of nitrogens with zero attached hydrogens (tertiary/aromatic N) is 3. The summed E-state index contributed by atoms with van der Waals surface area (Å²) in [6, 6.07) is 7.64. The smallest absolute Gasteiger partial charge is 0.273 e. The van der Waals surface area contributed by atoms with E-state index < -0.39 is 10.0 Å². The van der Waals surface area contributed by atoms with Gasteiger partial charge in [-0.05, 0) is 18.4 Å². The zero-order valence-electron chi connectivity index (χ0n) is 11.7. The van der Waals surface area contributed by atoms with Crippen molar-refractivity contribution in [3.05, 3.63) is 29.8 Å². The molecule has 0 aliphatic rings. The Morgan fingerprint density at radius 2 is 1.90 bits per heavy atom. The Labute approximate surface area is 118 Å². The van der Waals surface area contributed by atoms with E-state index in [1.54, 1.807) is 4.57 Å². The van der Waals surface area contributed by atoms with Crippen LogP contribution in [0.1, 0.15) is 19.4 Å². The van der Waals surface area contributed by atoms with Crippen LogP contribution in [-0.4, -0.2) is 23.2 Å². The molecule has 0 fully saturated rings. The number of rotatable bonds is 4. The topological polar surface area (TPSA) is 90.9 Å². The number of hydrogen-bond acceptors (Lipinski definition) is 4. The molecule has 1 aromatic heterocycles. The first-order chi connectivity index (χ1) is 9.30. The number of hydrogen-bond donors (Lipinski definition) is 1. The lowest BCUT2D eigenvalue weighted by Gasteiger charge is -2.12. The normalized spacial score (nSPS) is 12.1. The van der Waals surface area contributed by atoms with E-state index in [9.17, 15) is 8.42 Å². The lowest BCUT2D eigenvalue weighted by atomic mass is 10.1. The van der Waals surface area contributed by atoms with Crippen LogP contribution in [0.25, 0.3) is 11.4 Å². The largest absolute Gasteiger partial charge is 0.296 e. The maximum absolute atomic E-state index is 11.6. The summed E-state index contributed by atoms with van der Waals surface area (Å²) in [5.41, 5.74) is 1.86. The van der Waals surface area contributed by atoms with E-state index in [-0.39, 0.29) is 11.1 Å². The van der Waals surface area contributed by atoms with Gasteiger partial charge < -0.3 is 0 Å². The Bertz CT molecular complexity index is 720. The second kappa shape index (κ2) is 5.34. The minimum absolute atomic E-state index is 0.190. The highest BCUT2D eigenvalue weighted by Crippen LogP contribution is 2.24. The number of sulfonamides is 1. The van der Waals surface area contributed by atoms with Crippen molar-refractivity contribution in [1.29, 1.82) is 0 Å². The molecule has 2 rings (SSSR count). The molecule has 108 valence electrons. The standard InChI is InChI=1S/C13H18N4O2S/c1-9(2)8-17-12(11-7-5-4-6-10(11)3)15-16-13(17)20(14,18)19/h4-7,9H,8H2,1-3H3,(H2,14,18,19). The molecule has 0 saturated heterocycles. The van der Waals surface area contributed by atoms with Gasteiger partial charge in [-0.2, -0.15) is 0 Å². The van der Waals surface area contributed by atoms with Crippen LogP contribution in [0.15, 0.2) is 29.4 Å². The molecular weight excluding hydrogens is 276 g/mol. The van der Waals surface area contributed by atoms with E-state index in [0.717, 1.165) is 11.1 Å². The van der Waals surface area contributed by atoms with Crippen LogP contribution in [-0.2, 0) is 16.6 Å². The fourth-order valence-corrected chi connectivity index (χ4v) is 2.67. The Hall–Kier alpha value is -1.73. The van der Waals surface area contributed by atoms with E-state index in [1.165, 1.54) is 0 Å². The monoisotopic (exact) mass is 294 g/mol. The van der Waals surface area contributed by atoms with Crippen molar-refractivity contribution in [3.8, 4) is 11.4 Å². The molecular formula is C13H18N4O2S. The van der Waals surface area contributed by atoms with E-state index in [2.05, 4.69) is 10.2 Å². The molecule has 0 saturated carbocycles. The Kier molecular flexibility index (Phi) is 3.92. The number of primary sulfonamides is 1. The van der Waals surface area contributed by atoms with Gasteiger partial charge >= 0.3 is 0 Å². The number of aromatic nitrogens is 3. The van der Waals surface area contributed by atoms with Gasteiger partial charge in [-0.3, -0.25) is 4.57 Å². The zero-order chi connectivity index (χ0) is 14.9. The minimum atomic E-state index is -3.89. The number of benzene rings is 1.